The Labute approximate surface area is 177 Å². The first-order chi connectivity index (χ1) is 14.7. The zero-order valence-corrected chi connectivity index (χ0v) is 17.3. The summed E-state index contributed by atoms with van der Waals surface area (Å²) in [5, 5.41) is 3.44. The molecule has 5 nitrogen and oxygen atoms in total. The third-order valence-corrected chi connectivity index (χ3v) is 4.90. The van der Waals surface area contributed by atoms with Crippen molar-refractivity contribution in [1.29, 1.82) is 0 Å². The van der Waals surface area contributed by atoms with Crippen LogP contribution in [0.25, 0.3) is 11.3 Å². The lowest BCUT2D eigenvalue weighted by Gasteiger charge is -2.19. The Morgan fingerprint density at radius 1 is 0.867 bits per heavy atom. The van der Waals surface area contributed by atoms with Gasteiger partial charge in [0.05, 0.1) is 5.69 Å². The normalized spacial score (nSPS) is 10.6. The summed E-state index contributed by atoms with van der Waals surface area (Å²) in [6.07, 6.45) is 4.55. The van der Waals surface area contributed by atoms with Gasteiger partial charge in [-0.05, 0) is 48.7 Å². The van der Waals surface area contributed by atoms with Crippen LogP contribution >= 0.6 is 0 Å². The third-order valence-electron chi connectivity index (χ3n) is 4.90. The monoisotopic (exact) mass is 395 g/mol. The SMILES string of the molecule is Cc1cccc(Nc2cc(-c3ccccc3)nc(N(C)CCc3ccncc3)n2)c1. The smallest absolute Gasteiger partial charge is 0.227 e. The molecule has 150 valence electrons. The zero-order chi connectivity index (χ0) is 20.8. The Balaban J connectivity index is 1.62. The molecule has 0 saturated heterocycles. The maximum atomic E-state index is 4.84. The predicted molar refractivity (Wildman–Crippen MR) is 123 cm³/mol. The fourth-order valence-electron chi connectivity index (χ4n) is 3.24. The van der Waals surface area contributed by atoms with Crippen LogP contribution in [0.1, 0.15) is 11.1 Å². The zero-order valence-electron chi connectivity index (χ0n) is 17.3. The van der Waals surface area contributed by atoms with Gasteiger partial charge >= 0.3 is 0 Å². The van der Waals surface area contributed by atoms with Gasteiger partial charge in [0, 0.05) is 43.3 Å². The van der Waals surface area contributed by atoms with E-state index in [0.29, 0.717) is 5.95 Å². The van der Waals surface area contributed by atoms with E-state index in [1.807, 2.05) is 68.0 Å². The van der Waals surface area contributed by atoms with Gasteiger partial charge in [-0.25, -0.2) is 4.98 Å². The van der Waals surface area contributed by atoms with Crippen molar-refractivity contribution in [3.63, 3.8) is 0 Å². The van der Waals surface area contributed by atoms with Gasteiger partial charge in [0.1, 0.15) is 5.82 Å². The van der Waals surface area contributed by atoms with Crippen LogP contribution in [-0.2, 0) is 6.42 Å². The number of likely N-dealkylation sites (N-methyl/N-ethyl adjacent to an activating group) is 1. The van der Waals surface area contributed by atoms with Crippen molar-refractivity contribution in [2.45, 2.75) is 13.3 Å². The lowest BCUT2D eigenvalue weighted by Crippen LogP contribution is -2.23. The molecule has 1 N–H and O–H groups in total. The van der Waals surface area contributed by atoms with Crippen LogP contribution in [-0.4, -0.2) is 28.5 Å². The number of pyridine rings is 1. The van der Waals surface area contributed by atoms with Crippen molar-refractivity contribution in [3.8, 4) is 11.3 Å². The van der Waals surface area contributed by atoms with Crippen LogP contribution in [0.4, 0.5) is 17.5 Å². The average Bonchev–Trinajstić information content (AvgIpc) is 2.78. The molecule has 0 aliphatic rings. The van der Waals surface area contributed by atoms with E-state index in [1.54, 1.807) is 0 Å². The lowest BCUT2D eigenvalue weighted by molar-refractivity contribution is 0.838. The van der Waals surface area contributed by atoms with E-state index in [4.69, 9.17) is 9.97 Å². The molecule has 0 spiro atoms. The van der Waals surface area contributed by atoms with Crippen LogP contribution in [0.15, 0.2) is 85.2 Å². The maximum Gasteiger partial charge on any atom is 0.227 e. The molecule has 0 bridgehead atoms. The molecule has 2 aromatic heterocycles. The lowest BCUT2D eigenvalue weighted by atomic mass is 10.1. The van der Waals surface area contributed by atoms with E-state index < -0.39 is 0 Å². The van der Waals surface area contributed by atoms with Gasteiger partial charge in [-0.2, -0.15) is 4.98 Å². The Kier molecular flexibility index (Phi) is 5.99. The summed E-state index contributed by atoms with van der Waals surface area (Å²) in [6, 6.07) is 24.6. The molecule has 0 atom stereocenters. The molecule has 0 fully saturated rings. The number of nitrogens with zero attached hydrogens (tertiary/aromatic N) is 4. The molecule has 2 heterocycles. The molecular formula is C25H25N5. The summed E-state index contributed by atoms with van der Waals surface area (Å²) in [4.78, 5) is 15.8. The minimum Gasteiger partial charge on any atom is -0.343 e. The highest BCUT2D eigenvalue weighted by Crippen LogP contribution is 2.25. The second-order valence-electron chi connectivity index (χ2n) is 7.33. The molecule has 0 aliphatic carbocycles. The van der Waals surface area contributed by atoms with Gasteiger partial charge in [-0.15, -0.1) is 0 Å². The van der Waals surface area contributed by atoms with Crippen molar-refractivity contribution in [1.82, 2.24) is 15.0 Å². The predicted octanol–water partition coefficient (Wildman–Crippen LogP) is 5.27. The fraction of sp³-hybridized carbons (Fsp3) is 0.160. The van der Waals surface area contributed by atoms with Crippen molar-refractivity contribution in [2.24, 2.45) is 0 Å². The number of nitrogens with one attached hydrogen (secondary N) is 1. The minimum atomic E-state index is 0.695. The maximum absolute atomic E-state index is 4.84. The summed E-state index contributed by atoms with van der Waals surface area (Å²) in [5.41, 5.74) is 5.42. The summed E-state index contributed by atoms with van der Waals surface area (Å²) in [6.45, 7) is 2.89. The second-order valence-corrected chi connectivity index (χ2v) is 7.33. The topological polar surface area (TPSA) is 53.9 Å². The first-order valence-electron chi connectivity index (χ1n) is 10.1. The van der Waals surface area contributed by atoms with Crippen LogP contribution in [0.2, 0.25) is 0 Å². The van der Waals surface area contributed by atoms with Crippen molar-refractivity contribution < 1.29 is 0 Å². The molecule has 0 unspecified atom stereocenters. The molecule has 0 amide bonds. The number of hydrogen-bond acceptors (Lipinski definition) is 5. The Hall–Kier alpha value is -3.73. The highest BCUT2D eigenvalue weighted by Gasteiger charge is 2.11. The van der Waals surface area contributed by atoms with Gasteiger partial charge in [0.2, 0.25) is 5.95 Å². The van der Waals surface area contributed by atoms with E-state index in [0.717, 1.165) is 35.7 Å². The Morgan fingerprint density at radius 2 is 1.67 bits per heavy atom. The van der Waals surface area contributed by atoms with Crippen LogP contribution in [0.3, 0.4) is 0 Å². The highest BCUT2D eigenvalue weighted by molar-refractivity contribution is 5.67. The van der Waals surface area contributed by atoms with Crippen LogP contribution in [0.5, 0.6) is 0 Å². The van der Waals surface area contributed by atoms with Crippen molar-refractivity contribution >= 4 is 17.5 Å². The van der Waals surface area contributed by atoms with E-state index in [2.05, 4.69) is 46.4 Å². The summed E-state index contributed by atoms with van der Waals surface area (Å²) >= 11 is 0. The molecule has 5 heteroatoms. The number of hydrogen-bond donors (Lipinski definition) is 1. The molecule has 30 heavy (non-hydrogen) atoms. The van der Waals surface area contributed by atoms with Gasteiger partial charge < -0.3 is 10.2 Å². The summed E-state index contributed by atoms with van der Waals surface area (Å²) < 4.78 is 0. The standard InChI is InChI=1S/C25H25N5/c1-19-7-6-10-22(17-19)27-24-18-23(21-8-4-3-5-9-21)28-25(29-24)30(2)16-13-20-11-14-26-15-12-20/h3-12,14-15,17-18H,13,16H2,1-2H3,(H,27,28,29). The molecule has 0 aliphatic heterocycles. The Morgan fingerprint density at radius 3 is 2.43 bits per heavy atom. The number of rotatable bonds is 7. The molecule has 2 aromatic carbocycles. The quantitative estimate of drug-likeness (QED) is 0.462. The molecule has 4 aromatic rings. The van der Waals surface area contributed by atoms with Crippen LogP contribution in [0, 0.1) is 6.92 Å². The highest BCUT2D eigenvalue weighted by atomic mass is 15.2. The molecule has 0 radical (unpaired) electrons. The van der Waals surface area contributed by atoms with Crippen molar-refractivity contribution in [2.75, 3.05) is 23.8 Å². The number of anilines is 3. The van der Waals surface area contributed by atoms with E-state index >= 15 is 0 Å². The number of aromatic nitrogens is 3. The average molecular weight is 396 g/mol. The molecule has 4 rings (SSSR count). The van der Waals surface area contributed by atoms with Gasteiger partial charge in [-0.1, -0.05) is 42.5 Å². The minimum absolute atomic E-state index is 0.695. The van der Waals surface area contributed by atoms with E-state index in [1.165, 1.54) is 11.1 Å². The number of aryl methyl sites for hydroxylation is 1. The first-order valence-corrected chi connectivity index (χ1v) is 10.1. The van der Waals surface area contributed by atoms with Gasteiger partial charge in [0.25, 0.3) is 0 Å². The number of benzene rings is 2. The third kappa shape index (κ3) is 5.00. The van der Waals surface area contributed by atoms with Gasteiger partial charge in [-0.3, -0.25) is 4.98 Å². The largest absolute Gasteiger partial charge is 0.343 e. The fourth-order valence-corrected chi connectivity index (χ4v) is 3.24. The van der Waals surface area contributed by atoms with Crippen LogP contribution < -0.4 is 10.2 Å². The van der Waals surface area contributed by atoms with Crippen molar-refractivity contribution in [3.05, 3.63) is 96.3 Å². The van der Waals surface area contributed by atoms with E-state index in [9.17, 15) is 0 Å². The second kappa shape index (κ2) is 9.18. The van der Waals surface area contributed by atoms with Gasteiger partial charge in [0.15, 0.2) is 0 Å². The molecular weight excluding hydrogens is 370 g/mol. The summed E-state index contributed by atoms with van der Waals surface area (Å²) in [7, 11) is 2.03. The van der Waals surface area contributed by atoms with E-state index in [-0.39, 0.29) is 0 Å². The summed E-state index contributed by atoms with van der Waals surface area (Å²) in [5.74, 6) is 1.47. The molecule has 0 saturated carbocycles. The first kappa shape index (κ1) is 19.6. The Bertz CT molecular complexity index is 1100.